The summed E-state index contributed by atoms with van der Waals surface area (Å²) in [5.41, 5.74) is -0.242. The Kier molecular flexibility index (Phi) is 6.67. The highest BCUT2D eigenvalue weighted by Gasteiger charge is 2.40. The molecule has 2 saturated carbocycles. The lowest BCUT2D eigenvalue weighted by Crippen LogP contribution is -2.48. The van der Waals surface area contributed by atoms with Gasteiger partial charge in [-0.05, 0) is 49.9 Å². The van der Waals surface area contributed by atoms with E-state index in [0.717, 1.165) is 57.8 Å². The van der Waals surface area contributed by atoms with Crippen molar-refractivity contribution < 1.29 is 17.7 Å². The van der Waals surface area contributed by atoms with Gasteiger partial charge >= 0.3 is 0 Å². The fraction of sp³-hybridized carbons (Fsp3) is 0.609. The molecule has 9 heteroatoms. The van der Waals surface area contributed by atoms with Crippen LogP contribution in [0.2, 0.25) is 0 Å². The molecule has 2 aliphatic rings. The van der Waals surface area contributed by atoms with Crippen LogP contribution in [0.4, 0.5) is 0 Å². The third-order valence-electron chi connectivity index (χ3n) is 6.90. The molecule has 1 aromatic carbocycles. The fourth-order valence-electron chi connectivity index (χ4n) is 4.93. The van der Waals surface area contributed by atoms with Crippen LogP contribution in [0.1, 0.15) is 86.3 Å². The van der Waals surface area contributed by atoms with E-state index in [9.17, 15) is 13.2 Å². The maximum atomic E-state index is 13.1. The molecule has 0 saturated heterocycles. The first kappa shape index (κ1) is 22.9. The minimum Gasteiger partial charge on any atom is -0.340 e. The van der Waals surface area contributed by atoms with Gasteiger partial charge in [0.2, 0.25) is 15.9 Å². The minimum absolute atomic E-state index is 0.0429. The second-order valence-corrected chi connectivity index (χ2v) is 11.1. The molecule has 0 unspecified atom stereocenters. The smallest absolute Gasteiger partial charge is 0.252 e. The average molecular weight is 461 g/mol. The highest BCUT2D eigenvalue weighted by Crippen LogP contribution is 2.36. The van der Waals surface area contributed by atoms with Crippen LogP contribution < -0.4 is 5.32 Å². The van der Waals surface area contributed by atoms with Gasteiger partial charge in [0, 0.05) is 25.6 Å². The monoisotopic (exact) mass is 460 g/mol. The van der Waals surface area contributed by atoms with Gasteiger partial charge in [-0.1, -0.05) is 43.7 Å². The third kappa shape index (κ3) is 4.59. The van der Waals surface area contributed by atoms with Gasteiger partial charge in [-0.3, -0.25) is 4.79 Å². The molecule has 2 aromatic rings. The van der Waals surface area contributed by atoms with Crippen molar-refractivity contribution in [3.8, 4) is 0 Å². The van der Waals surface area contributed by atoms with E-state index in [1.807, 2.05) is 0 Å². The number of rotatable bonds is 6. The summed E-state index contributed by atoms with van der Waals surface area (Å²) >= 11 is 0. The zero-order valence-electron chi connectivity index (χ0n) is 18.8. The summed E-state index contributed by atoms with van der Waals surface area (Å²) in [6.07, 6.45) is 9.62. The van der Waals surface area contributed by atoms with Gasteiger partial charge < -0.3 is 9.84 Å². The number of sulfonamides is 1. The van der Waals surface area contributed by atoms with Crippen LogP contribution in [0.25, 0.3) is 0 Å². The summed E-state index contributed by atoms with van der Waals surface area (Å²) in [6, 6.07) is 6.25. The normalized spacial score (nSPS) is 19.7. The Morgan fingerprint density at radius 1 is 1.06 bits per heavy atom. The Morgan fingerprint density at radius 2 is 1.69 bits per heavy atom. The Morgan fingerprint density at radius 3 is 2.28 bits per heavy atom. The lowest BCUT2D eigenvalue weighted by molar-refractivity contribution is 0.0855. The van der Waals surface area contributed by atoms with Crippen molar-refractivity contribution in [3.05, 3.63) is 41.5 Å². The van der Waals surface area contributed by atoms with Gasteiger partial charge in [0.1, 0.15) is 5.54 Å². The molecule has 1 amide bonds. The van der Waals surface area contributed by atoms with Crippen LogP contribution in [-0.4, -0.2) is 41.9 Å². The topological polar surface area (TPSA) is 105 Å². The number of carbonyl (C=O) groups is 1. The van der Waals surface area contributed by atoms with E-state index < -0.39 is 15.6 Å². The van der Waals surface area contributed by atoms with Crippen LogP contribution in [0, 0.1) is 6.92 Å². The van der Waals surface area contributed by atoms with E-state index >= 15 is 0 Å². The maximum absolute atomic E-state index is 13.1. The molecule has 1 heterocycles. The van der Waals surface area contributed by atoms with Crippen molar-refractivity contribution in [2.24, 2.45) is 0 Å². The van der Waals surface area contributed by atoms with Crippen molar-refractivity contribution >= 4 is 15.9 Å². The Balaban J connectivity index is 1.51. The van der Waals surface area contributed by atoms with E-state index in [1.54, 1.807) is 26.1 Å². The van der Waals surface area contributed by atoms with Crippen molar-refractivity contribution in [3.63, 3.8) is 0 Å². The summed E-state index contributed by atoms with van der Waals surface area (Å²) < 4.78 is 32.8. The SMILES string of the molecule is Cc1nc(C2(NC(=O)c3ccc(S(=O)(=O)N(C)C4CCCCC4)cc3)CCCCC2)no1. The largest absolute Gasteiger partial charge is 0.340 e. The number of nitrogens with zero attached hydrogens (tertiary/aromatic N) is 3. The van der Waals surface area contributed by atoms with E-state index in [1.165, 1.54) is 22.9 Å². The molecule has 2 fully saturated rings. The zero-order valence-corrected chi connectivity index (χ0v) is 19.7. The van der Waals surface area contributed by atoms with Crippen LogP contribution in [0.5, 0.6) is 0 Å². The highest BCUT2D eigenvalue weighted by atomic mass is 32.2. The number of hydrogen-bond donors (Lipinski definition) is 1. The Hall–Kier alpha value is -2.26. The van der Waals surface area contributed by atoms with E-state index in [0.29, 0.717) is 17.3 Å². The van der Waals surface area contributed by atoms with Crippen molar-refractivity contribution in [2.45, 2.75) is 87.6 Å². The summed E-state index contributed by atoms with van der Waals surface area (Å²) in [4.78, 5) is 17.7. The summed E-state index contributed by atoms with van der Waals surface area (Å²) in [5.74, 6) is 0.714. The molecule has 0 aliphatic heterocycles. The molecule has 0 spiro atoms. The lowest BCUT2D eigenvalue weighted by Gasteiger charge is -2.35. The lowest BCUT2D eigenvalue weighted by atomic mass is 9.80. The molecule has 174 valence electrons. The number of nitrogens with one attached hydrogen (secondary N) is 1. The average Bonchev–Trinajstić information content (AvgIpc) is 3.27. The van der Waals surface area contributed by atoms with Gasteiger partial charge in [0.15, 0.2) is 5.82 Å². The summed E-state index contributed by atoms with van der Waals surface area (Å²) in [5, 5.41) is 7.21. The summed E-state index contributed by atoms with van der Waals surface area (Å²) in [7, 11) is -1.93. The molecule has 2 aliphatic carbocycles. The minimum atomic E-state index is -3.59. The number of amides is 1. The van der Waals surface area contributed by atoms with Gasteiger partial charge in [-0.2, -0.15) is 9.29 Å². The van der Waals surface area contributed by atoms with E-state index in [4.69, 9.17) is 4.52 Å². The fourth-order valence-corrected chi connectivity index (χ4v) is 6.34. The molecule has 0 atom stereocenters. The van der Waals surface area contributed by atoms with Gasteiger partial charge in [0.05, 0.1) is 4.90 Å². The number of aryl methyl sites for hydroxylation is 1. The van der Waals surface area contributed by atoms with E-state index in [-0.39, 0.29) is 16.8 Å². The standard InChI is InChI=1S/C23H32N4O4S/c1-17-24-22(26-31-17)23(15-7-4-8-16-23)25-21(28)18-11-13-20(14-12-18)32(29,30)27(2)19-9-5-3-6-10-19/h11-14,19H,3-10,15-16H2,1-2H3,(H,25,28). The first-order valence-electron chi connectivity index (χ1n) is 11.5. The second-order valence-electron chi connectivity index (χ2n) is 9.07. The molecule has 32 heavy (non-hydrogen) atoms. The van der Waals surface area contributed by atoms with Crippen molar-refractivity contribution in [2.75, 3.05) is 7.05 Å². The van der Waals surface area contributed by atoms with Gasteiger partial charge in [-0.15, -0.1) is 0 Å². The quantitative estimate of drug-likeness (QED) is 0.700. The van der Waals surface area contributed by atoms with E-state index in [2.05, 4.69) is 15.5 Å². The van der Waals surface area contributed by atoms with Crippen LogP contribution >= 0.6 is 0 Å². The molecule has 1 aromatic heterocycles. The Labute approximate surface area is 189 Å². The van der Waals surface area contributed by atoms with Crippen LogP contribution in [0.15, 0.2) is 33.7 Å². The first-order valence-corrected chi connectivity index (χ1v) is 13.0. The predicted molar refractivity (Wildman–Crippen MR) is 120 cm³/mol. The number of benzene rings is 1. The molecule has 0 bridgehead atoms. The van der Waals surface area contributed by atoms with Crippen molar-refractivity contribution in [1.29, 1.82) is 0 Å². The highest BCUT2D eigenvalue weighted by molar-refractivity contribution is 7.89. The number of hydrogen-bond acceptors (Lipinski definition) is 6. The number of carbonyl (C=O) groups excluding carboxylic acids is 1. The van der Waals surface area contributed by atoms with Crippen LogP contribution in [0.3, 0.4) is 0 Å². The molecule has 4 rings (SSSR count). The second kappa shape index (κ2) is 9.31. The van der Waals surface area contributed by atoms with Gasteiger partial charge in [-0.25, -0.2) is 8.42 Å². The summed E-state index contributed by atoms with van der Waals surface area (Å²) in [6.45, 7) is 1.73. The van der Waals surface area contributed by atoms with Crippen molar-refractivity contribution in [1.82, 2.24) is 19.8 Å². The van der Waals surface area contributed by atoms with Crippen LogP contribution in [-0.2, 0) is 15.6 Å². The maximum Gasteiger partial charge on any atom is 0.252 e. The Bertz CT molecular complexity index is 1040. The number of aromatic nitrogens is 2. The zero-order chi connectivity index (χ0) is 22.8. The first-order chi connectivity index (χ1) is 15.3. The predicted octanol–water partition coefficient (Wildman–Crippen LogP) is 3.92. The molecule has 8 nitrogen and oxygen atoms in total. The molecular formula is C23H32N4O4S. The molecule has 0 radical (unpaired) electrons. The third-order valence-corrected chi connectivity index (χ3v) is 8.82. The molecular weight excluding hydrogens is 428 g/mol. The van der Waals surface area contributed by atoms with Gasteiger partial charge in [0.25, 0.3) is 5.91 Å². The molecule has 1 N–H and O–H groups in total.